The first-order chi connectivity index (χ1) is 14.0. The van der Waals surface area contributed by atoms with Crippen LogP contribution in [0.2, 0.25) is 0 Å². The number of aromatic amines is 1. The number of para-hydroxylation sites is 2. The Balaban J connectivity index is 1.35. The first-order valence-corrected chi connectivity index (χ1v) is 9.74. The molecule has 0 unspecified atom stereocenters. The van der Waals surface area contributed by atoms with Gasteiger partial charge >= 0.3 is 5.63 Å². The second-order valence-corrected chi connectivity index (χ2v) is 7.29. The lowest BCUT2D eigenvalue weighted by molar-refractivity contribution is -0.121. The topological polar surface area (TPSA) is 88.0 Å². The van der Waals surface area contributed by atoms with Crippen molar-refractivity contribution in [1.82, 2.24) is 15.3 Å². The molecule has 0 aliphatic carbocycles. The van der Waals surface area contributed by atoms with Gasteiger partial charge in [0.1, 0.15) is 11.4 Å². The Morgan fingerprint density at radius 3 is 2.79 bits per heavy atom. The van der Waals surface area contributed by atoms with Gasteiger partial charge < -0.3 is 14.7 Å². The van der Waals surface area contributed by atoms with Crippen LogP contribution in [0, 0.1) is 13.8 Å². The molecule has 1 amide bonds. The highest BCUT2D eigenvalue weighted by atomic mass is 16.4. The van der Waals surface area contributed by atoms with Crippen LogP contribution in [0.25, 0.3) is 22.0 Å². The molecule has 2 aromatic carbocycles. The van der Waals surface area contributed by atoms with Gasteiger partial charge in [-0.3, -0.25) is 4.79 Å². The summed E-state index contributed by atoms with van der Waals surface area (Å²) in [5, 5.41) is 3.81. The molecule has 2 N–H and O–H groups in total. The summed E-state index contributed by atoms with van der Waals surface area (Å²) in [6, 6.07) is 13.6. The predicted molar refractivity (Wildman–Crippen MR) is 113 cm³/mol. The number of aryl methyl sites for hydroxylation is 2. The molecule has 0 radical (unpaired) electrons. The fraction of sp³-hybridized carbons (Fsp3) is 0.261. The molecular weight excluding hydrogens is 366 g/mol. The molecule has 6 heteroatoms. The average Bonchev–Trinajstić information content (AvgIpc) is 3.10. The maximum atomic E-state index is 12.4. The molecule has 0 aliphatic heterocycles. The van der Waals surface area contributed by atoms with Crippen molar-refractivity contribution in [3.8, 4) is 0 Å². The molecule has 0 spiro atoms. The third kappa shape index (κ3) is 4.06. The zero-order chi connectivity index (χ0) is 20.4. The average molecular weight is 389 g/mol. The fourth-order valence-electron chi connectivity index (χ4n) is 3.56. The summed E-state index contributed by atoms with van der Waals surface area (Å²) in [7, 11) is 0. The van der Waals surface area contributed by atoms with Crippen LogP contribution < -0.4 is 10.9 Å². The normalized spacial score (nSPS) is 11.2. The highest BCUT2D eigenvalue weighted by Crippen LogP contribution is 2.21. The highest BCUT2D eigenvalue weighted by molar-refractivity contribution is 5.82. The summed E-state index contributed by atoms with van der Waals surface area (Å²) >= 11 is 0. The van der Waals surface area contributed by atoms with E-state index in [2.05, 4.69) is 15.3 Å². The van der Waals surface area contributed by atoms with Crippen molar-refractivity contribution in [3.05, 3.63) is 75.4 Å². The quantitative estimate of drug-likeness (QED) is 0.494. The summed E-state index contributed by atoms with van der Waals surface area (Å²) < 4.78 is 5.45. The number of aromatic nitrogens is 2. The molecular formula is C23H23N3O3. The minimum atomic E-state index is -0.365. The van der Waals surface area contributed by atoms with Crippen molar-refractivity contribution < 1.29 is 9.21 Å². The minimum absolute atomic E-state index is 0.0936. The second kappa shape index (κ2) is 7.91. The highest BCUT2D eigenvalue weighted by Gasteiger charge is 2.13. The third-order valence-corrected chi connectivity index (χ3v) is 5.17. The molecule has 4 aromatic rings. The fourth-order valence-corrected chi connectivity index (χ4v) is 3.56. The molecule has 0 fully saturated rings. The van der Waals surface area contributed by atoms with Gasteiger partial charge in [-0.25, -0.2) is 9.78 Å². The lowest BCUT2D eigenvalue weighted by Gasteiger charge is -2.08. The Morgan fingerprint density at radius 2 is 1.97 bits per heavy atom. The zero-order valence-electron chi connectivity index (χ0n) is 16.5. The number of carbonyl (C=O) groups is 1. The zero-order valence-corrected chi connectivity index (χ0v) is 16.5. The molecule has 4 rings (SSSR count). The lowest BCUT2D eigenvalue weighted by atomic mass is 10.0. The van der Waals surface area contributed by atoms with E-state index in [1.165, 1.54) is 0 Å². The van der Waals surface area contributed by atoms with E-state index in [-0.39, 0.29) is 18.0 Å². The number of H-pyrrole nitrogens is 1. The lowest BCUT2D eigenvalue weighted by Crippen LogP contribution is -2.27. The first-order valence-electron chi connectivity index (χ1n) is 9.74. The van der Waals surface area contributed by atoms with Crippen LogP contribution in [-0.4, -0.2) is 22.4 Å². The van der Waals surface area contributed by atoms with Crippen molar-refractivity contribution in [2.45, 2.75) is 33.1 Å². The molecule has 2 aromatic heterocycles. The van der Waals surface area contributed by atoms with Crippen LogP contribution in [0.1, 0.15) is 28.9 Å². The number of hydrogen-bond acceptors (Lipinski definition) is 4. The van der Waals surface area contributed by atoms with Gasteiger partial charge in [-0.1, -0.05) is 24.3 Å². The summed E-state index contributed by atoms with van der Waals surface area (Å²) in [4.78, 5) is 32.3. The standard InChI is InChI=1S/C23H23N3O3/c1-14-7-8-16-15(2)17(23(28)29-20(16)13-14)9-10-22(27)24-12-11-21-25-18-5-3-4-6-19(18)26-21/h3-8,13H,9-12H2,1-2H3,(H,24,27)(H,25,26). The van der Waals surface area contributed by atoms with Crippen LogP contribution in [0.4, 0.5) is 0 Å². The number of imidazole rings is 1. The van der Waals surface area contributed by atoms with E-state index in [4.69, 9.17) is 4.42 Å². The molecule has 0 aliphatic rings. The summed E-state index contributed by atoms with van der Waals surface area (Å²) in [5.41, 5.74) is 4.61. The van der Waals surface area contributed by atoms with Gasteiger partial charge in [0, 0.05) is 30.3 Å². The number of fused-ring (bicyclic) bond motifs is 2. The van der Waals surface area contributed by atoms with Gasteiger partial charge in [-0.05, 0) is 49.6 Å². The second-order valence-electron chi connectivity index (χ2n) is 7.29. The summed E-state index contributed by atoms with van der Waals surface area (Å²) in [6.07, 6.45) is 1.22. The smallest absolute Gasteiger partial charge is 0.339 e. The van der Waals surface area contributed by atoms with Crippen LogP contribution in [0.5, 0.6) is 0 Å². The SMILES string of the molecule is Cc1ccc2c(C)c(CCC(=O)NCCc3nc4ccccc4[nH]3)c(=O)oc2c1. The van der Waals surface area contributed by atoms with Gasteiger partial charge in [0.25, 0.3) is 0 Å². The molecule has 0 atom stereocenters. The van der Waals surface area contributed by atoms with Gasteiger partial charge in [0.15, 0.2) is 0 Å². The summed E-state index contributed by atoms with van der Waals surface area (Å²) in [5.74, 6) is 0.747. The number of benzene rings is 2. The van der Waals surface area contributed by atoms with E-state index in [0.717, 1.165) is 33.4 Å². The van der Waals surface area contributed by atoms with Crippen molar-refractivity contribution >= 4 is 27.9 Å². The Bertz CT molecular complexity index is 1220. The van der Waals surface area contributed by atoms with Crippen LogP contribution in [-0.2, 0) is 17.6 Å². The molecule has 0 saturated carbocycles. The van der Waals surface area contributed by atoms with E-state index in [1.807, 2.05) is 56.3 Å². The number of rotatable bonds is 6. The van der Waals surface area contributed by atoms with Crippen LogP contribution in [0.15, 0.2) is 51.7 Å². The Kier molecular flexibility index (Phi) is 5.16. The monoisotopic (exact) mass is 389 g/mol. The van der Waals surface area contributed by atoms with Crippen molar-refractivity contribution in [1.29, 1.82) is 0 Å². The maximum Gasteiger partial charge on any atom is 0.339 e. The molecule has 6 nitrogen and oxygen atoms in total. The third-order valence-electron chi connectivity index (χ3n) is 5.17. The van der Waals surface area contributed by atoms with E-state index in [1.54, 1.807) is 0 Å². The van der Waals surface area contributed by atoms with E-state index < -0.39 is 0 Å². The Hall–Kier alpha value is -3.41. The molecule has 0 saturated heterocycles. The number of carbonyl (C=O) groups excluding carboxylic acids is 1. The Morgan fingerprint density at radius 1 is 1.14 bits per heavy atom. The Labute approximate surface area is 168 Å². The van der Waals surface area contributed by atoms with E-state index in [9.17, 15) is 9.59 Å². The van der Waals surface area contributed by atoms with E-state index >= 15 is 0 Å². The number of nitrogens with zero attached hydrogens (tertiary/aromatic N) is 1. The van der Waals surface area contributed by atoms with E-state index in [0.29, 0.717) is 30.5 Å². The van der Waals surface area contributed by atoms with Crippen LogP contribution in [0.3, 0.4) is 0 Å². The number of amides is 1. The first kappa shape index (κ1) is 18.9. The largest absolute Gasteiger partial charge is 0.423 e. The van der Waals surface area contributed by atoms with Crippen molar-refractivity contribution in [2.24, 2.45) is 0 Å². The van der Waals surface area contributed by atoms with Gasteiger partial charge in [0.05, 0.1) is 11.0 Å². The number of nitrogens with one attached hydrogen (secondary N) is 2. The van der Waals surface area contributed by atoms with Gasteiger partial charge in [-0.2, -0.15) is 0 Å². The summed E-state index contributed by atoms with van der Waals surface area (Å²) in [6.45, 7) is 4.35. The molecule has 29 heavy (non-hydrogen) atoms. The predicted octanol–water partition coefficient (Wildman–Crippen LogP) is 3.58. The maximum absolute atomic E-state index is 12.4. The minimum Gasteiger partial charge on any atom is -0.423 e. The van der Waals surface area contributed by atoms with Crippen molar-refractivity contribution in [2.75, 3.05) is 6.54 Å². The number of hydrogen-bond donors (Lipinski definition) is 2. The van der Waals surface area contributed by atoms with Gasteiger partial charge in [-0.15, -0.1) is 0 Å². The van der Waals surface area contributed by atoms with Crippen LogP contribution >= 0.6 is 0 Å². The molecule has 0 bridgehead atoms. The van der Waals surface area contributed by atoms with Crippen molar-refractivity contribution in [3.63, 3.8) is 0 Å². The van der Waals surface area contributed by atoms with Gasteiger partial charge in [0.2, 0.25) is 5.91 Å². The molecule has 2 heterocycles. The molecule has 148 valence electrons.